The van der Waals surface area contributed by atoms with Crippen LogP contribution in [0.2, 0.25) is 0 Å². The molecule has 2 N–H and O–H groups in total. The number of aliphatic hydroxyl groups excluding tert-OH is 1. The maximum absolute atomic E-state index is 9.24. The number of aliphatic hydroxyl groups is 1. The van der Waals surface area contributed by atoms with Crippen molar-refractivity contribution in [3.05, 3.63) is 0 Å². The molecule has 0 aliphatic carbocycles. The summed E-state index contributed by atoms with van der Waals surface area (Å²) in [6, 6.07) is 0.556. The molecule has 2 heteroatoms. The summed E-state index contributed by atoms with van der Waals surface area (Å²) < 4.78 is 0. The van der Waals surface area contributed by atoms with Gasteiger partial charge in [0.05, 0.1) is 6.10 Å². The van der Waals surface area contributed by atoms with E-state index in [0.29, 0.717) is 12.0 Å². The van der Waals surface area contributed by atoms with Gasteiger partial charge >= 0.3 is 0 Å². The second-order valence-electron chi connectivity index (χ2n) is 3.30. The Balaban J connectivity index is 2.32. The molecule has 0 amide bonds. The Morgan fingerprint density at radius 3 is 2.60 bits per heavy atom. The van der Waals surface area contributed by atoms with Crippen molar-refractivity contribution in [2.75, 3.05) is 6.54 Å². The van der Waals surface area contributed by atoms with E-state index < -0.39 is 0 Å². The molecule has 0 saturated carbocycles. The lowest BCUT2D eigenvalue weighted by Gasteiger charge is -2.21. The Labute approximate surface area is 62.6 Å². The zero-order valence-corrected chi connectivity index (χ0v) is 6.80. The van der Waals surface area contributed by atoms with Crippen molar-refractivity contribution in [1.29, 1.82) is 0 Å². The molecule has 0 aromatic heterocycles. The van der Waals surface area contributed by atoms with E-state index in [-0.39, 0.29) is 6.10 Å². The first-order valence-corrected chi connectivity index (χ1v) is 4.13. The largest absolute Gasteiger partial charge is 0.393 e. The summed E-state index contributed by atoms with van der Waals surface area (Å²) in [5, 5.41) is 12.6. The van der Waals surface area contributed by atoms with Gasteiger partial charge in [-0.25, -0.2) is 0 Å². The highest BCUT2D eigenvalue weighted by atomic mass is 16.3. The Hall–Kier alpha value is -0.0800. The van der Waals surface area contributed by atoms with Crippen LogP contribution in [0, 0.1) is 5.92 Å². The third-order valence-electron chi connectivity index (χ3n) is 2.49. The van der Waals surface area contributed by atoms with Gasteiger partial charge in [-0.05, 0) is 32.2 Å². The van der Waals surface area contributed by atoms with Gasteiger partial charge in [0, 0.05) is 6.04 Å². The lowest BCUT2D eigenvalue weighted by molar-refractivity contribution is 0.115. The van der Waals surface area contributed by atoms with Gasteiger partial charge in [-0.2, -0.15) is 0 Å². The zero-order chi connectivity index (χ0) is 7.56. The molecule has 1 saturated heterocycles. The van der Waals surface area contributed by atoms with Crippen LogP contribution in [0.5, 0.6) is 0 Å². The fraction of sp³-hybridized carbons (Fsp3) is 1.00. The minimum Gasteiger partial charge on any atom is -0.393 e. The molecule has 0 radical (unpaired) electrons. The molecular formula is C8H17NO. The van der Waals surface area contributed by atoms with E-state index in [0.717, 1.165) is 6.54 Å². The molecule has 0 aromatic carbocycles. The van der Waals surface area contributed by atoms with Crippen LogP contribution in [0.3, 0.4) is 0 Å². The second-order valence-corrected chi connectivity index (χ2v) is 3.30. The van der Waals surface area contributed by atoms with Crippen LogP contribution >= 0.6 is 0 Å². The number of rotatable bonds is 2. The molecule has 2 nitrogen and oxygen atoms in total. The van der Waals surface area contributed by atoms with Crippen LogP contribution in [-0.2, 0) is 0 Å². The summed E-state index contributed by atoms with van der Waals surface area (Å²) in [6.07, 6.45) is 2.32. The fourth-order valence-corrected chi connectivity index (χ4v) is 1.50. The van der Waals surface area contributed by atoms with Crippen molar-refractivity contribution in [2.24, 2.45) is 5.92 Å². The molecule has 10 heavy (non-hydrogen) atoms. The van der Waals surface area contributed by atoms with Gasteiger partial charge in [-0.15, -0.1) is 0 Å². The van der Waals surface area contributed by atoms with E-state index in [1.807, 2.05) is 6.92 Å². The second kappa shape index (κ2) is 3.35. The summed E-state index contributed by atoms with van der Waals surface area (Å²) >= 11 is 0. The monoisotopic (exact) mass is 143 g/mol. The molecule has 60 valence electrons. The van der Waals surface area contributed by atoms with Crippen molar-refractivity contribution in [3.63, 3.8) is 0 Å². The van der Waals surface area contributed by atoms with Crippen molar-refractivity contribution < 1.29 is 5.11 Å². The SMILES string of the molecule is CC(O)C(C)C1CCCN1. The van der Waals surface area contributed by atoms with Gasteiger partial charge in [-0.1, -0.05) is 6.92 Å². The van der Waals surface area contributed by atoms with E-state index in [2.05, 4.69) is 12.2 Å². The molecule has 3 atom stereocenters. The normalized spacial score (nSPS) is 32.1. The highest BCUT2D eigenvalue weighted by Gasteiger charge is 2.23. The maximum Gasteiger partial charge on any atom is 0.0552 e. The van der Waals surface area contributed by atoms with Crippen LogP contribution < -0.4 is 5.32 Å². The van der Waals surface area contributed by atoms with E-state index in [4.69, 9.17) is 0 Å². The first-order chi connectivity index (χ1) is 4.72. The van der Waals surface area contributed by atoms with E-state index >= 15 is 0 Å². The van der Waals surface area contributed by atoms with Gasteiger partial charge in [0.25, 0.3) is 0 Å². The smallest absolute Gasteiger partial charge is 0.0552 e. The molecule has 1 heterocycles. The van der Waals surface area contributed by atoms with E-state index in [1.54, 1.807) is 0 Å². The third-order valence-corrected chi connectivity index (χ3v) is 2.49. The molecule has 0 aromatic rings. The topological polar surface area (TPSA) is 32.3 Å². The summed E-state index contributed by atoms with van der Waals surface area (Å²) in [7, 11) is 0. The van der Waals surface area contributed by atoms with Crippen molar-refractivity contribution in [3.8, 4) is 0 Å². The Bertz CT molecular complexity index is 97.4. The molecule has 0 bridgehead atoms. The molecule has 0 spiro atoms. The number of hydrogen-bond donors (Lipinski definition) is 2. The van der Waals surface area contributed by atoms with E-state index in [9.17, 15) is 5.11 Å². The minimum absolute atomic E-state index is 0.171. The molecular weight excluding hydrogens is 126 g/mol. The first kappa shape index (κ1) is 8.02. The third kappa shape index (κ3) is 1.70. The van der Waals surface area contributed by atoms with Crippen LogP contribution in [0.1, 0.15) is 26.7 Å². The number of nitrogens with one attached hydrogen (secondary N) is 1. The molecule has 3 unspecified atom stereocenters. The summed E-state index contributed by atoms with van der Waals surface area (Å²) in [6.45, 7) is 5.10. The fourth-order valence-electron chi connectivity index (χ4n) is 1.50. The van der Waals surface area contributed by atoms with Crippen molar-refractivity contribution >= 4 is 0 Å². The van der Waals surface area contributed by atoms with Crippen molar-refractivity contribution in [2.45, 2.75) is 38.8 Å². The lowest BCUT2D eigenvalue weighted by Crippen LogP contribution is -2.34. The quantitative estimate of drug-likeness (QED) is 0.598. The van der Waals surface area contributed by atoms with E-state index in [1.165, 1.54) is 12.8 Å². The van der Waals surface area contributed by atoms with Gasteiger partial charge in [0.2, 0.25) is 0 Å². The first-order valence-electron chi connectivity index (χ1n) is 4.13. The van der Waals surface area contributed by atoms with Crippen LogP contribution in [0.25, 0.3) is 0 Å². The molecule has 1 fully saturated rings. The minimum atomic E-state index is -0.171. The summed E-state index contributed by atoms with van der Waals surface area (Å²) in [5.74, 6) is 0.405. The van der Waals surface area contributed by atoms with Gasteiger partial charge < -0.3 is 10.4 Å². The molecule has 1 rings (SSSR count). The average molecular weight is 143 g/mol. The Kier molecular flexibility index (Phi) is 2.69. The maximum atomic E-state index is 9.24. The zero-order valence-electron chi connectivity index (χ0n) is 6.80. The summed E-state index contributed by atoms with van der Waals surface area (Å²) in [4.78, 5) is 0. The predicted molar refractivity (Wildman–Crippen MR) is 41.9 cm³/mol. The summed E-state index contributed by atoms with van der Waals surface area (Å²) in [5.41, 5.74) is 0. The van der Waals surface area contributed by atoms with Crippen LogP contribution in [-0.4, -0.2) is 23.8 Å². The standard InChI is InChI=1S/C8H17NO/c1-6(7(2)10)8-4-3-5-9-8/h6-10H,3-5H2,1-2H3. The highest BCUT2D eigenvalue weighted by molar-refractivity contribution is 4.81. The van der Waals surface area contributed by atoms with Crippen LogP contribution in [0.4, 0.5) is 0 Å². The van der Waals surface area contributed by atoms with Gasteiger partial charge in [-0.3, -0.25) is 0 Å². The van der Waals surface area contributed by atoms with Gasteiger partial charge in [0.1, 0.15) is 0 Å². The predicted octanol–water partition coefficient (Wildman–Crippen LogP) is 0.755. The number of hydrogen-bond acceptors (Lipinski definition) is 2. The Morgan fingerprint density at radius 1 is 1.50 bits per heavy atom. The lowest BCUT2D eigenvalue weighted by atomic mass is 9.96. The van der Waals surface area contributed by atoms with Gasteiger partial charge in [0.15, 0.2) is 0 Å². The molecule has 1 aliphatic rings. The van der Waals surface area contributed by atoms with Crippen molar-refractivity contribution in [1.82, 2.24) is 5.32 Å². The highest BCUT2D eigenvalue weighted by Crippen LogP contribution is 2.17. The Morgan fingerprint density at radius 2 is 2.20 bits per heavy atom. The average Bonchev–Trinajstić information content (AvgIpc) is 2.36. The molecule has 1 aliphatic heterocycles. The van der Waals surface area contributed by atoms with Crippen LogP contribution in [0.15, 0.2) is 0 Å².